The maximum absolute atomic E-state index is 12.5. The molecule has 0 unspecified atom stereocenters. The van der Waals surface area contributed by atoms with E-state index in [4.69, 9.17) is 0 Å². The monoisotopic (exact) mass is 507 g/mol. The maximum atomic E-state index is 12.5. The van der Waals surface area contributed by atoms with Gasteiger partial charge in [0, 0.05) is 22.7 Å². The molecule has 0 fully saturated rings. The highest BCUT2D eigenvalue weighted by Gasteiger charge is 2.15. The highest BCUT2D eigenvalue weighted by molar-refractivity contribution is 7.93. The smallest absolute Gasteiger partial charge is 0.261 e. The van der Waals surface area contributed by atoms with Crippen molar-refractivity contribution in [3.8, 4) is 0 Å². The first kappa shape index (κ1) is 24.3. The van der Waals surface area contributed by atoms with Gasteiger partial charge in [-0.25, -0.2) is 16.8 Å². The van der Waals surface area contributed by atoms with E-state index < -0.39 is 20.0 Å². The van der Waals surface area contributed by atoms with Crippen LogP contribution < -0.4 is 14.8 Å². The number of nitrogens with one attached hydrogen (secondary N) is 3. The molecule has 0 saturated heterocycles. The number of hydrogen-bond acceptors (Lipinski definition) is 5. The predicted molar refractivity (Wildman–Crippen MR) is 140 cm³/mol. The molecule has 0 saturated carbocycles. The van der Waals surface area contributed by atoms with Crippen LogP contribution in [0.4, 0.5) is 22.7 Å². The summed E-state index contributed by atoms with van der Waals surface area (Å²) in [5, 5.41) is 3.21. The Kier molecular flexibility index (Phi) is 6.81. The predicted octanol–water partition coefficient (Wildman–Crippen LogP) is 5.65. The first-order valence-electron chi connectivity index (χ1n) is 10.8. The Morgan fingerprint density at radius 3 is 1.03 bits per heavy atom. The van der Waals surface area contributed by atoms with E-state index in [0.29, 0.717) is 11.4 Å². The highest BCUT2D eigenvalue weighted by atomic mass is 32.2. The summed E-state index contributed by atoms with van der Waals surface area (Å²) >= 11 is 0. The van der Waals surface area contributed by atoms with Gasteiger partial charge in [0.15, 0.2) is 0 Å². The van der Waals surface area contributed by atoms with Crippen LogP contribution >= 0.6 is 0 Å². The molecule has 7 nitrogen and oxygen atoms in total. The number of rotatable bonds is 8. The van der Waals surface area contributed by atoms with Crippen molar-refractivity contribution in [3.05, 3.63) is 108 Å². The molecule has 3 N–H and O–H groups in total. The van der Waals surface area contributed by atoms with E-state index in [1.54, 1.807) is 97.1 Å². The van der Waals surface area contributed by atoms with Gasteiger partial charge >= 0.3 is 0 Å². The topological polar surface area (TPSA) is 104 Å². The van der Waals surface area contributed by atoms with Crippen molar-refractivity contribution in [1.82, 2.24) is 0 Å². The van der Waals surface area contributed by atoms with Gasteiger partial charge in [-0.15, -0.1) is 0 Å². The molecule has 35 heavy (non-hydrogen) atoms. The van der Waals surface area contributed by atoms with Crippen LogP contribution in [0.5, 0.6) is 0 Å². The maximum Gasteiger partial charge on any atom is 0.261 e. The Labute approximate surface area is 206 Å². The van der Waals surface area contributed by atoms with Gasteiger partial charge in [0.25, 0.3) is 20.0 Å². The molecule has 0 aliphatic rings. The molecule has 9 heteroatoms. The first-order chi connectivity index (χ1) is 16.6. The molecule has 0 radical (unpaired) electrons. The van der Waals surface area contributed by atoms with Crippen molar-refractivity contribution < 1.29 is 16.8 Å². The van der Waals surface area contributed by atoms with Crippen LogP contribution in [0.3, 0.4) is 0 Å². The lowest BCUT2D eigenvalue weighted by molar-refractivity contribution is 0.599. The van der Waals surface area contributed by atoms with E-state index in [0.717, 1.165) is 22.5 Å². The number of hydrogen-bond donors (Lipinski definition) is 3. The Hall–Kier alpha value is -3.82. The van der Waals surface area contributed by atoms with Crippen LogP contribution in [-0.4, -0.2) is 16.8 Å². The van der Waals surface area contributed by atoms with Crippen molar-refractivity contribution in [1.29, 1.82) is 0 Å². The van der Waals surface area contributed by atoms with E-state index in [9.17, 15) is 16.8 Å². The van der Waals surface area contributed by atoms with Crippen molar-refractivity contribution >= 4 is 42.8 Å². The van der Waals surface area contributed by atoms with Crippen molar-refractivity contribution in [3.63, 3.8) is 0 Å². The summed E-state index contributed by atoms with van der Waals surface area (Å²) in [5.41, 5.74) is 4.34. The van der Waals surface area contributed by atoms with Crippen LogP contribution in [0.2, 0.25) is 0 Å². The molecule has 0 heterocycles. The number of benzene rings is 4. The van der Waals surface area contributed by atoms with E-state index in [-0.39, 0.29) is 9.79 Å². The van der Waals surface area contributed by atoms with Gasteiger partial charge in [0.2, 0.25) is 0 Å². The molecular weight excluding hydrogens is 482 g/mol. The molecule has 180 valence electrons. The molecular formula is C26H25N3O4S2. The lowest BCUT2D eigenvalue weighted by atomic mass is 10.2. The summed E-state index contributed by atoms with van der Waals surface area (Å²) in [7, 11) is -7.34. The minimum atomic E-state index is -3.67. The molecule has 4 aromatic carbocycles. The Balaban J connectivity index is 1.39. The standard InChI is InChI=1S/C26H25N3O4S2/c1-19-3-15-25(16-4-19)34(30,31)28-23-11-7-21(8-12-23)27-22-9-13-24(14-10-22)29-35(32,33)26-17-5-20(2)6-18-26/h3-18,27-29H,1-2H3. The van der Waals surface area contributed by atoms with Crippen LogP contribution in [0.15, 0.2) is 107 Å². The Morgan fingerprint density at radius 2 is 0.714 bits per heavy atom. The Morgan fingerprint density at radius 1 is 0.429 bits per heavy atom. The van der Waals surface area contributed by atoms with E-state index in [1.807, 2.05) is 13.8 Å². The second-order valence-corrected chi connectivity index (χ2v) is 11.5. The molecule has 0 aliphatic carbocycles. The van der Waals surface area contributed by atoms with E-state index in [1.165, 1.54) is 0 Å². The highest BCUT2D eigenvalue weighted by Crippen LogP contribution is 2.23. The van der Waals surface area contributed by atoms with Crippen molar-refractivity contribution in [2.24, 2.45) is 0 Å². The fourth-order valence-corrected chi connectivity index (χ4v) is 5.39. The van der Waals surface area contributed by atoms with Gasteiger partial charge in [-0.1, -0.05) is 35.4 Å². The minimum Gasteiger partial charge on any atom is -0.356 e. The van der Waals surface area contributed by atoms with Crippen LogP contribution in [0.1, 0.15) is 11.1 Å². The molecule has 0 bridgehead atoms. The lowest BCUT2D eigenvalue weighted by Crippen LogP contribution is -2.13. The molecule has 0 atom stereocenters. The molecule has 0 spiro atoms. The largest absolute Gasteiger partial charge is 0.356 e. The second kappa shape index (κ2) is 9.81. The van der Waals surface area contributed by atoms with Crippen LogP contribution in [-0.2, 0) is 20.0 Å². The summed E-state index contributed by atoms with van der Waals surface area (Å²) in [6.45, 7) is 3.79. The lowest BCUT2D eigenvalue weighted by Gasteiger charge is -2.12. The zero-order valence-electron chi connectivity index (χ0n) is 19.2. The fourth-order valence-electron chi connectivity index (χ4n) is 3.27. The SMILES string of the molecule is Cc1ccc(S(=O)(=O)Nc2ccc(Nc3ccc(NS(=O)(=O)c4ccc(C)cc4)cc3)cc2)cc1. The van der Waals surface area contributed by atoms with Gasteiger partial charge in [-0.05, 0) is 86.6 Å². The fraction of sp³-hybridized carbons (Fsp3) is 0.0769. The molecule has 0 aromatic heterocycles. The first-order valence-corrected chi connectivity index (χ1v) is 13.7. The molecule has 4 aromatic rings. The normalized spacial score (nSPS) is 11.6. The van der Waals surface area contributed by atoms with Gasteiger partial charge in [0.05, 0.1) is 9.79 Å². The third-order valence-electron chi connectivity index (χ3n) is 5.23. The van der Waals surface area contributed by atoms with Crippen molar-refractivity contribution in [2.45, 2.75) is 23.6 Å². The van der Waals surface area contributed by atoms with Gasteiger partial charge in [0.1, 0.15) is 0 Å². The quantitative estimate of drug-likeness (QED) is 0.286. The summed E-state index contributed by atoms with van der Waals surface area (Å²) in [6.07, 6.45) is 0. The minimum absolute atomic E-state index is 0.198. The third kappa shape index (κ3) is 6.20. The third-order valence-corrected chi connectivity index (χ3v) is 8.02. The summed E-state index contributed by atoms with van der Waals surface area (Å²) < 4.78 is 55.3. The van der Waals surface area contributed by atoms with Crippen molar-refractivity contribution in [2.75, 3.05) is 14.8 Å². The van der Waals surface area contributed by atoms with Gasteiger partial charge in [-0.3, -0.25) is 9.44 Å². The van der Waals surface area contributed by atoms with E-state index in [2.05, 4.69) is 14.8 Å². The van der Waals surface area contributed by atoms with Gasteiger partial charge < -0.3 is 5.32 Å². The van der Waals surface area contributed by atoms with Gasteiger partial charge in [-0.2, -0.15) is 0 Å². The molecule has 0 aliphatic heterocycles. The number of sulfonamides is 2. The van der Waals surface area contributed by atoms with E-state index >= 15 is 0 Å². The molecule has 4 rings (SSSR count). The number of aryl methyl sites for hydroxylation is 2. The average molecular weight is 508 g/mol. The molecule has 0 amide bonds. The van der Waals surface area contributed by atoms with Crippen LogP contribution in [0, 0.1) is 13.8 Å². The zero-order valence-corrected chi connectivity index (χ0v) is 20.8. The number of anilines is 4. The second-order valence-electron chi connectivity index (χ2n) is 8.12. The van der Waals surface area contributed by atoms with Crippen LogP contribution in [0.25, 0.3) is 0 Å². The summed E-state index contributed by atoms with van der Waals surface area (Å²) in [5.74, 6) is 0. The summed E-state index contributed by atoms with van der Waals surface area (Å²) in [4.78, 5) is 0.395. The Bertz CT molecular complexity index is 1400. The summed E-state index contributed by atoms with van der Waals surface area (Å²) in [6, 6.07) is 26.9. The average Bonchev–Trinajstić information content (AvgIpc) is 2.82. The zero-order chi connectivity index (χ0) is 25.1.